The smallest absolute Gasteiger partial charge is 0.318 e. The number of hydrogen-bond donors (Lipinski definition) is 1. The summed E-state index contributed by atoms with van der Waals surface area (Å²) in [7, 11) is 2.90. The first-order valence-electron chi connectivity index (χ1n) is 8.96. The number of aromatic amines is 1. The Balaban J connectivity index is 2.01. The minimum absolute atomic E-state index is 0.251. The molecular weight excluding hydrogens is 390 g/mol. The number of carbonyl (C=O) groups excluding carboxylic acids is 1. The second kappa shape index (κ2) is 7.63. The Kier molecular flexibility index (Phi) is 5.02. The van der Waals surface area contributed by atoms with Gasteiger partial charge in [-0.2, -0.15) is 0 Å². The lowest BCUT2D eigenvalue weighted by molar-refractivity contribution is -0.139. The lowest BCUT2D eigenvalue weighted by atomic mass is 10.2. The summed E-state index contributed by atoms with van der Waals surface area (Å²) in [4.78, 5) is 33.4. The zero-order chi connectivity index (χ0) is 20.5. The van der Waals surface area contributed by atoms with Gasteiger partial charge in [0.05, 0.1) is 19.9 Å². The number of methoxy groups -OCH3 is 2. The number of benzene rings is 2. The second-order valence-corrected chi connectivity index (χ2v) is 7.72. The molecule has 0 fully saturated rings. The Hall–Kier alpha value is -3.26. The maximum atomic E-state index is 13.5. The first-order valence-corrected chi connectivity index (χ1v) is 9.84. The molecule has 1 atom stereocenters. The molecule has 1 N–H and O–H groups in total. The maximum Gasteiger partial charge on any atom is 0.318 e. The molecular formula is C21H19N3O4S. The molecule has 0 aliphatic rings. The monoisotopic (exact) mass is 409 g/mol. The molecule has 0 radical (unpaired) electrons. The third kappa shape index (κ3) is 3.36. The first-order chi connectivity index (χ1) is 14.0. The van der Waals surface area contributed by atoms with Crippen molar-refractivity contribution in [3.63, 3.8) is 0 Å². The molecule has 2 aromatic heterocycles. The molecule has 2 aromatic carbocycles. The molecule has 0 saturated heterocycles. The van der Waals surface area contributed by atoms with E-state index in [4.69, 9.17) is 14.5 Å². The predicted octanol–water partition coefficient (Wildman–Crippen LogP) is 3.53. The molecule has 8 heteroatoms. The van der Waals surface area contributed by atoms with Gasteiger partial charge in [0, 0.05) is 17.0 Å². The minimum atomic E-state index is -0.536. The molecule has 0 aliphatic carbocycles. The summed E-state index contributed by atoms with van der Waals surface area (Å²) in [5.41, 5.74) is 2.15. The van der Waals surface area contributed by atoms with Crippen LogP contribution in [0.25, 0.3) is 27.6 Å². The summed E-state index contributed by atoms with van der Waals surface area (Å²) in [5.74, 6) is 0.226. The van der Waals surface area contributed by atoms with E-state index in [-0.39, 0.29) is 11.5 Å². The van der Waals surface area contributed by atoms with E-state index in [9.17, 15) is 9.59 Å². The highest BCUT2D eigenvalue weighted by Gasteiger charge is 2.22. The molecule has 148 valence electrons. The number of hydrogen-bond acceptors (Lipinski definition) is 6. The van der Waals surface area contributed by atoms with E-state index < -0.39 is 5.25 Å². The lowest BCUT2D eigenvalue weighted by Gasteiger charge is -2.15. The number of nitrogens with one attached hydrogen (secondary N) is 1. The molecule has 29 heavy (non-hydrogen) atoms. The quantitative estimate of drug-likeness (QED) is 0.308. The molecule has 2 heterocycles. The number of para-hydroxylation sites is 1. The van der Waals surface area contributed by atoms with Crippen LogP contribution < -0.4 is 10.3 Å². The Morgan fingerprint density at radius 2 is 1.97 bits per heavy atom. The molecule has 0 amide bonds. The third-order valence-electron chi connectivity index (χ3n) is 4.62. The van der Waals surface area contributed by atoms with Gasteiger partial charge in [0.2, 0.25) is 0 Å². The van der Waals surface area contributed by atoms with Crippen LogP contribution in [0.3, 0.4) is 0 Å². The van der Waals surface area contributed by atoms with E-state index in [1.807, 2.05) is 24.3 Å². The van der Waals surface area contributed by atoms with Crippen molar-refractivity contribution in [2.24, 2.45) is 0 Å². The predicted molar refractivity (Wildman–Crippen MR) is 113 cm³/mol. The number of ether oxygens (including phenoxy) is 2. The molecule has 0 saturated carbocycles. The Morgan fingerprint density at radius 1 is 1.17 bits per heavy atom. The summed E-state index contributed by atoms with van der Waals surface area (Å²) in [6.45, 7) is 1.72. The fourth-order valence-electron chi connectivity index (χ4n) is 3.17. The van der Waals surface area contributed by atoms with Crippen LogP contribution in [-0.4, -0.2) is 40.0 Å². The molecule has 0 spiro atoms. The van der Waals surface area contributed by atoms with E-state index in [0.29, 0.717) is 27.6 Å². The third-order valence-corrected chi connectivity index (χ3v) is 5.65. The van der Waals surface area contributed by atoms with Crippen molar-refractivity contribution in [1.82, 2.24) is 14.5 Å². The van der Waals surface area contributed by atoms with Crippen LogP contribution in [0, 0.1) is 0 Å². The summed E-state index contributed by atoms with van der Waals surface area (Å²) in [6, 6.07) is 14.8. The molecule has 4 aromatic rings. The largest absolute Gasteiger partial charge is 0.497 e. The van der Waals surface area contributed by atoms with E-state index >= 15 is 0 Å². The number of rotatable bonds is 5. The van der Waals surface area contributed by atoms with Crippen molar-refractivity contribution in [2.45, 2.75) is 17.3 Å². The van der Waals surface area contributed by atoms with E-state index in [0.717, 1.165) is 10.9 Å². The Morgan fingerprint density at radius 3 is 2.72 bits per heavy atom. The highest BCUT2D eigenvalue weighted by molar-refractivity contribution is 8.00. The van der Waals surface area contributed by atoms with Gasteiger partial charge in [0.1, 0.15) is 22.0 Å². The van der Waals surface area contributed by atoms with Crippen LogP contribution in [0.2, 0.25) is 0 Å². The lowest BCUT2D eigenvalue weighted by Crippen LogP contribution is -2.24. The van der Waals surface area contributed by atoms with Crippen LogP contribution in [0.4, 0.5) is 0 Å². The van der Waals surface area contributed by atoms with Gasteiger partial charge in [0.15, 0.2) is 5.16 Å². The number of aromatic nitrogens is 3. The van der Waals surface area contributed by atoms with E-state index in [1.54, 1.807) is 38.3 Å². The normalized spacial score (nSPS) is 12.2. The first kappa shape index (κ1) is 19.1. The average Bonchev–Trinajstić information content (AvgIpc) is 3.12. The van der Waals surface area contributed by atoms with Crippen LogP contribution in [0.1, 0.15) is 6.92 Å². The Labute approximate surface area is 170 Å². The summed E-state index contributed by atoms with van der Waals surface area (Å²) in [5, 5.41) is 0.717. The van der Waals surface area contributed by atoms with Gasteiger partial charge in [-0.3, -0.25) is 14.2 Å². The van der Waals surface area contributed by atoms with Crippen molar-refractivity contribution in [1.29, 1.82) is 0 Å². The van der Waals surface area contributed by atoms with Crippen LogP contribution >= 0.6 is 11.8 Å². The number of H-pyrrole nitrogens is 1. The SMILES string of the molecule is COC(=O)[C@H](C)Sc1nc2c([nH]c3ccccc32)c(=O)n1-c1cccc(OC)c1. The topological polar surface area (TPSA) is 86.2 Å². The molecule has 0 aliphatic heterocycles. The van der Waals surface area contributed by atoms with Gasteiger partial charge in [-0.15, -0.1) is 0 Å². The van der Waals surface area contributed by atoms with Crippen molar-refractivity contribution in [3.8, 4) is 11.4 Å². The van der Waals surface area contributed by atoms with Crippen LogP contribution in [0.15, 0.2) is 58.5 Å². The van der Waals surface area contributed by atoms with Gasteiger partial charge in [-0.25, -0.2) is 4.98 Å². The number of carbonyl (C=O) groups is 1. The van der Waals surface area contributed by atoms with Crippen molar-refractivity contribution in [2.75, 3.05) is 14.2 Å². The summed E-state index contributed by atoms with van der Waals surface area (Å²) in [6.07, 6.45) is 0. The highest BCUT2D eigenvalue weighted by Crippen LogP contribution is 2.29. The second-order valence-electron chi connectivity index (χ2n) is 6.41. The van der Waals surface area contributed by atoms with Crippen molar-refractivity contribution in [3.05, 3.63) is 58.9 Å². The van der Waals surface area contributed by atoms with Gasteiger partial charge < -0.3 is 14.5 Å². The fraction of sp³-hybridized carbons (Fsp3) is 0.190. The van der Waals surface area contributed by atoms with Crippen molar-refractivity contribution < 1.29 is 14.3 Å². The maximum absolute atomic E-state index is 13.5. The number of fused-ring (bicyclic) bond motifs is 3. The summed E-state index contributed by atoms with van der Waals surface area (Å²) >= 11 is 1.17. The van der Waals surface area contributed by atoms with Gasteiger partial charge >= 0.3 is 5.97 Å². The standard InChI is InChI=1S/C21H19N3O4S/c1-12(20(26)28-3)29-21-23-17-15-9-4-5-10-16(15)22-18(17)19(25)24(21)13-7-6-8-14(11-13)27-2/h4-12,22H,1-3H3/t12-/m0/s1. The van der Waals surface area contributed by atoms with Gasteiger partial charge in [-0.05, 0) is 25.1 Å². The molecule has 7 nitrogen and oxygen atoms in total. The number of nitrogens with zero attached hydrogens (tertiary/aromatic N) is 2. The van der Waals surface area contributed by atoms with E-state index in [1.165, 1.54) is 23.4 Å². The number of esters is 1. The van der Waals surface area contributed by atoms with Gasteiger partial charge in [-0.1, -0.05) is 36.0 Å². The zero-order valence-corrected chi connectivity index (χ0v) is 16.9. The van der Waals surface area contributed by atoms with Gasteiger partial charge in [0.25, 0.3) is 5.56 Å². The fourth-order valence-corrected chi connectivity index (χ4v) is 4.12. The average molecular weight is 409 g/mol. The van der Waals surface area contributed by atoms with Crippen LogP contribution in [-0.2, 0) is 9.53 Å². The molecule has 4 rings (SSSR count). The van der Waals surface area contributed by atoms with E-state index in [2.05, 4.69) is 4.98 Å². The van der Waals surface area contributed by atoms with Crippen molar-refractivity contribution >= 4 is 39.7 Å². The minimum Gasteiger partial charge on any atom is -0.497 e. The molecule has 0 unspecified atom stereocenters. The number of thioether (sulfide) groups is 1. The summed E-state index contributed by atoms with van der Waals surface area (Å²) < 4.78 is 11.6. The Bertz CT molecular complexity index is 1280. The molecule has 0 bridgehead atoms. The highest BCUT2D eigenvalue weighted by atomic mass is 32.2. The zero-order valence-electron chi connectivity index (χ0n) is 16.1. The van der Waals surface area contributed by atoms with Crippen LogP contribution in [0.5, 0.6) is 5.75 Å².